The molecule has 2 aliphatic rings. The largest absolute Gasteiger partial charge is 0.373 e. The second-order valence-corrected chi connectivity index (χ2v) is 7.85. The molecule has 2 aliphatic heterocycles. The first-order valence-corrected chi connectivity index (χ1v) is 10.4. The zero-order valence-corrected chi connectivity index (χ0v) is 20.2. The maximum atomic E-state index is 13.1. The minimum Gasteiger partial charge on any atom is -0.373 e. The Labute approximate surface area is 195 Å². The van der Waals surface area contributed by atoms with Crippen molar-refractivity contribution in [2.45, 2.75) is 31.8 Å². The van der Waals surface area contributed by atoms with Crippen molar-refractivity contribution in [1.29, 1.82) is 0 Å². The van der Waals surface area contributed by atoms with E-state index in [0.717, 1.165) is 38.2 Å². The van der Waals surface area contributed by atoms with E-state index in [1.54, 1.807) is 19.2 Å². The van der Waals surface area contributed by atoms with Gasteiger partial charge >= 0.3 is 0 Å². The van der Waals surface area contributed by atoms with Gasteiger partial charge in [-0.3, -0.25) is 9.79 Å². The van der Waals surface area contributed by atoms with Crippen LogP contribution in [0, 0.1) is 5.82 Å². The van der Waals surface area contributed by atoms with Crippen molar-refractivity contribution < 1.29 is 13.9 Å². The highest BCUT2D eigenvalue weighted by Crippen LogP contribution is 2.23. The van der Waals surface area contributed by atoms with E-state index in [-0.39, 0.29) is 41.3 Å². The number of carbonyl (C=O) groups is 1. The first kappa shape index (κ1) is 24.6. The van der Waals surface area contributed by atoms with E-state index < -0.39 is 0 Å². The Hall–Kier alpha value is -1.62. The van der Waals surface area contributed by atoms with Gasteiger partial charge in [-0.2, -0.15) is 0 Å². The molecule has 1 unspecified atom stereocenters. The van der Waals surface area contributed by atoms with Crippen LogP contribution in [0.3, 0.4) is 0 Å². The molecule has 0 saturated carbocycles. The number of hydrogen-bond acceptors (Lipinski definition) is 4. The number of anilines is 1. The first-order chi connectivity index (χ1) is 14.0. The predicted molar refractivity (Wildman–Crippen MR) is 128 cm³/mol. The molecule has 0 bridgehead atoms. The molecule has 1 amide bonds. The van der Waals surface area contributed by atoms with Crippen LogP contribution in [0.4, 0.5) is 10.1 Å². The summed E-state index contributed by atoms with van der Waals surface area (Å²) in [6.45, 7) is 7.03. The zero-order valence-electron chi connectivity index (χ0n) is 17.8. The average Bonchev–Trinajstić information content (AvgIpc) is 3.18. The lowest BCUT2D eigenvalue weighted by Gasteiger charge is -2.36. The minimum absolute atomic E-state index is 0. The number of piperazine rings is 1. The highest BCUT2D eigenvalue weighted by Gasteiger charge is 2.29. The smallest absolute Gasteiger partial charge is 0.224 e. The SMILES string of the molecule is CN=C(NCCC(=O)N1CCN(c2ccc(F)cc2)CC1)NCC1(C)CCCO1.I. The molecule has 2 saturated heterocycles. The summed E-state index contributed by atoms with van der Waals surface area (Å²) in [4.78, 5) is 20.8. The minimum atomic E-state index is -0.232. The third-order valence-corrected chi connectivity index (χ3v) is 5.61. The van der Waals surface area contributed by atoms with E-state index in [0.29, 0.717) is 38.6 Å². The number of hydrogen-bond donors (Lipinski definition) is 2. The molecule has 2 fully saturated rings. The normalized spacial score (nSPS) is 21.9. The summed E-state index contributed by atoms with van der Waals surface area (Å²) < 4.78 is 18.8. The molecule has 1 aromatic carbocycles. The number of benzene rings is 1. The second kappa shape index (κ2) is 11.7. The Morgan fingerprint density at radius 1 is 1.20 bits per heavy atom. The van der Waals surface area contributed by atoms with Crippen LogP contribution in [0.15, 0.2) is 29.3 Å². The van der Waals surface area contributed by atoms with Crippen LogP contribution in [-0.2, 0) is 9.53 Å². The third-order valence-electron chi connectivity index (χ3n) is 5.61. The van der Waals surface area contributed by atoms with Crippen molar-refractivity contribution in [1.82, 2.24) is 15.5 Å². The highest BCUT2D eigenvalue weighted by molar-refractivity contribution is 14.0. The van der Waals surface area contributed by atoms with E-state index in [9.17, 15) is 9.18 Å². The number of amides is 1. The lowest BCUT2D eigenvalue weighted by atomic mass is 10.0. The topological polar surface area (TPSA) is 69.2 Å². The van der Waals surface area contributed by atoms with E-state index in [1.165, 1.54) is 12.1 Å². The Morgan fingerprint density at radius 3 is 2.50 bits per heavy atom. The van der Waals surface area contributed by atoms with Gasteiger partial charge in [0, 0.05) is 65.0 Å². The van der Waals surface area contributed by atoms with Gasteiger partial charge in [0.25, 0.3) is 0 Å². The summed E-state index contributed by atoms with van der Waals surface area (Å²) in [5, 5.41) is 6.50. The van der Waals surface area contributed by atoms with Crippen molar-refractivity contribution in [2.75, 3.05) is 57.8 Å². The molecule has 0 aromatic heterocycles. The Balaban J connectivity index is 0.00000320. The fourth-order valence-electron chi connectivity index (χ4n) is 3.78. The summed E-state index contributed by atoms with van der Waals surface area (Å²) in [7, 11) is 1.73. The van der Waals surface area contributed by atoms with Crippen molar-refractivity contribution in [3.63, 3.8) is 0 Å². The maximum absolute atomic E-state index is 13.1. The van der Waals surface area contributed by atoms with Gasteiger partial charge in [-0.05, 0) is 44.0 Å². The van der Waals surface area contributed by atoms with E-state index >= 15 is 0 Å². The van der Waals surface area contributed by atoms with Crippen LogP contribution in [-0.4, -0.2) is 75.3 Å². The number of ether oxygens (including phenoxy) is 1. The number of carbonyl (C=O) groups excluding carboxylic acids is 1. The molecule has 1 atom stereocenters. The van der Waals surface area contributed by atoms with Gasteiger partial charge in [0.2, 0.25) is 5.91 Å². The van der Waals surface area contributed by atoms with Gasteiger partial charge in [0.05, 0.1) is 5.60 Å². The second-order valence-electron chi connectivity index (χ2n) is 7.85. The van der Waals surface area contributed by atoms with Gasteiger partial charge in [0.15, 0.2) is 5.96 Å². The van der Waals surface area contributed by atoms with E-state index in [2.05, 4.69) is 27.4 Å². The summed E-state index contributed by atoms with van der Waals surface area (Å²) in [6.07, 6.45) is 2.55. The molecule has 1 aromatic rings. The van der Waals surface area contributed by atoms with Crippen LogP contribution in [0.25, 0.3) is 0 Å². The van der Waals surface area contributed by atoms with Crippen LogP contribution in [0.2, 0.25) is 0 Å². The standard InChI is InChI=1S/C21H32FN5O2.HI/c1-21(9-3-15-29-21)16-25-20(23-2)24-10-8-19(28)27-13-11-26(12-14-27)18-6-4-17(22)5-7-18;/h4-7H,3,8-16H2,1-2H3,(H2,23,24,25);1H. The quantitative estimate of drug-likeness (QED) is 0.334. The van der Waals surface area contributed by atoms with Crippen molar-refractivity contribution >= 4 is 41.5 Å². The van der Waals surface area contributed by atoms with Gasteiger partial charge in [-0.15, -0.1) is 24.0 Å². The number of guanidine groups is 1. The highest BCUT2D eigenvalue weighted by atomic mass is 127. The number of aliphatic imine (C=N–C) groups is 1. The van der Waals surface area contributed by atoms with Crippen molar-refractivity contribution in [3.05, 3.63) is 30.1 Å². The Morgan fingerprint density at radius 2 is 1.90 bits per heavy atom. The summed E-state index contributed by atoms with van der Waals surface area (Å²) in [5.41, 5.74) is 0.854. The number of nitrogens with zero attached hydrogens (tertiary/aromatic N) is 3. The van der Waals surface area contributed by atoms with Crippen LogP contribution in [0.1, 0.15) is 26.2 Å². The molecule has 2 heterocycles. The van der Waals surface area contributed by atoms with E-state index in [4.69, 9.17) is 4.74 Å². The lowest BCUT2D eigenvalue weighted by molar-refractivity contribution is -0.131. The molecule has 0 aliphatic carbocycles. The van der Waals surface area contributed by atoms with Crippen LogP contribution < -0.4 is 15.5 Å². The third kappa shape index (κ3) is 6.97. The van der Waals surface area contributed by atoms with Crippen molar-refractivity contribution in [3.8, 4) is 0 Å². The fourth-order valence-corrected chi connectivity index (χ4v) is 3.78. The molecule has 9 heteroatoms. The average molecular weight is 533 g/mol. The maximum Gasteiger partial charge on any atom is 0.224 e. The van der Waals surface area contributed by atoms with Crippen LogP contribution >= 0.6 is 24.0 Å². The van der Waals surface area contributed by atoms with Gasteiger partial charge in [-0.1, -0.05) is 0 Å². The number of halogens is 2. The monoisotopic (exact) mass is 533 g/mol. The molecule has 168 valence electrons. The summed E-state index contributed by atoms with van der Waals surface area (Å²) in [5.74, 6) is 0.595. The molecule has 3 rings (SSSR count). The molecule has 2 N–H and O–H groups in total. The summed E-state index contributed by atoms with van der Waals surface area (Å²) >= 11 is 0. The predicted octanol–water partition coefficient (Wildman–Crippen LogP) is 2.22. The number of nitrogens with one attached hydrogen (secondary N) is 2. The Bertz CT molecular complexity index is 702. The Kier molecular flexibility index (Phi) is 9.60. The van der Waals surface area contributed by atoms with Gasteiger partial charge in [0.1, 0.15) is 5.82 Å². The lowest BCUT2D eigenvalue weighted by Crippen LogP contribution is -2.50. The summed E-state index contributed by atoms with van der Waals surface area (Å²) in [6, 6.07) is 6.51. The van der Waals surface area contributed by atoms with Crippen LogP contribution in [0.5, 0.6) is 0 Å². The number of rotatable bonds is 6. The van der Waals surface area contributed by atoms with Crippen molar-refractivity contribution in [2.24, 2.45) is 4.99 Å². The molecular formula is C21H33FIN5O2. The van der Waals surface area contributed by atoms with Gasteiger partial charge in [-0.25, -0.2) is 4.39 Å². The van der Waals surface area contributed by atoms with E-state index in [1.807, 2.05) is 4.90 Å². The molecule has 0 spiro atoms. The molecule has 0 radical (unpaired) electrons. The zero-order chi connectivity index (χ0) is 20.7. The fraction of sp³-hybridized carbons (Fsp3) is 0.619. The first-order valence-electron chi connectivity index (χ1n) is 10.4. The molecule has 7 nitrogen and oxygen atoms in total. The van der Waals surface area contributed by atoms with Gasteiger partial charge < -0.3 is 25.2 Å². The molecular weight excluding hydrogens is 500 g/mol. The molecule has 30 heavy (non-hydrogen) atoms.